The highest BCUT2D eigenvalue weighted by molar-refractivity contribution is 7.89. The van der Waals surface area contributed by atoms with Crippen LogP contribution in [0.15, 0.2) is 83.8 Å². The fourth-order valence-corrected chi connectivity index (χ4v) is 4.75. The summed E-state index contributed by atoms with van der Waals surface area (Å²) >= 11 is 0. The predicted molar refractivity (Wildman–Crippen MR) is 128 cm³/mol. The standard InChI is InChI=1S/C25H24N2O7S/c28-24(26-20-8-10-22(11-9-20)34-21-4-2-1-3-5-21)18-33-25(29)19-6-12-23(13-7-19)35(30,31)27-14-16-32-17-15-27/h1-13H,14-18H2,(H,26,28). The molecule has 1 aliphatic heterocycles. The van der Waals surface area contributed by atoms with Crippen LogP contribution in [0, 0.1) is 0 Å². The van der Waals surface area contributed by atoms with E-state index in [9.17, 15) is 18.0 Å². The molecule has 0 saturated carbocycles. The minimum atomic E-state index is -3.66. The van der Waals surface area contributed by atoms with E-state index in [1.807, 2.05) is 30.3 Å². The number of benzene rings is 3. The molecule has 4 rings (SSSR count). The van der Waals surface area contributed by atoms with Gasteiger partial charge >= 0.3 is 5.97 Å². The first kappa shape index (κ1) is 24.4. The molecule has 1 heterocycles. The van der Waals surface area contributed by atoms with Gasteiger partial charge in [-0.2, -0.15) is 4.31 Å². The summed E-state index contributed by atoms with van der Waals surface area (Å²) in [6.07, 6.45) is 0. The highest BCUT2D eigenvalue weighted by atomic mass is 32.2. The summed E-state index contributed by atoms with van der Waals surface area (Å²) in [7, 11) is -3.66. The highest BCUT2D eigenvalue weighted by Gasteiger charge is 2.26. The first-order chi connectivity index (χ1) is 16.9. The van der Waals surface area contributed by atoms with Crippen molar-refractivity contribution < 1.29 is 32.2 Å². The van der Waals surface area contributed by atoms with E-state index in [2.05, 4.69) is 5.32 Å². The third-order valence-corrected chi connectivity index (χ3v) is 7.06. The van der Waals surface area contributed by atoms with Gasteiger partial charge in [0, 0.05) is 18.8 Å². The topological polar surface area (TPSA) is 111 Å². The summed E-state index contributed by atoms with van der Waals surface area (Å²) in [6, 6.07) is 21.5. The Kier molecular flexibility index (Phi) is 7.76. The number of carbonyl (C=O) groups is 2. The van der Waals surface area contributed by atoms with Crippen LogP contribution in [0.1, 0.15) is 10.4 Å². The van der Waals surface area contributed by atoms with Crippen LogP contribution >= 0.6 is 0 Å². The number of hydrogen-bond acceptors (Lipinski definition) is 7. The van der Waals surface area contributed by atoms with Crippen molar-refractivity contribution in [2.45, 2.75) is 4.90 Å². The zero-order chi connectivity index (χ0) is 24.7. The quantitative estimate of drug-likeness (QED) is 0.477. The Morgan fingerprint density at radius 3 is 2.14 bits per heavy atom. The normalized spacial score (nSPS) is 14.2. The van der Waals surface area contributed by atoms with Gasteiger partial charge in [-0.1, -0.05) is 18.2 Å². The Labute approximate surface area is 203 Å². The maximum absolute atomic E-state index is 12.7. The smallest absolute Gasteiger partial charge is 0.338 e. The number of morpholine rings is 1. The first-order valence-corrected chi connectivity index (χ1v) is 12.3. The number of carbonyl (C=O) groups excluding carboxylic acids is 2. The van der Waals surface area contributed by atoms with Gasteiger partial charge in [-0.3, -0.25) is 4.79 Å². The van der Waals surface area contributed by atoms with Gasteiger partial charge in [-0.15, -0.1) is 0 Å². The predicted octanol–water partition coefficient (Wildman–Crippen LogP) is 3.30. The lowest BCUT2D eigenvalue weighted by Crippen LogP contribution is -2.40. The van der Waals surface area contributed by atoms with Crippen LogP contribution in [0.5, 0.6) is 11.5 Å². The monoisotopic (exact) mass is 496 g/mol. The molecule has 3 aromatic carbocycles. The molecule has 1 aliphatic rings. The summed E-state index contributed by atoms with van der Waals surface area (Å²) in [5.74, 6) is 0.0614. The SMILES string of the molecule is O=C(COC(=O)c1ccc(S(=O)(=O)N2CCOCC2)cc1)Nc1ccc(Oc2ccccc2)cc1. The molecule has 0 spiro atoms. The number of rotatable bonds is 8. The lowest BCUT2D eigenvalue weighted by atomic mass is 10.2. The summed E-state index contributed by atoms with van der Waals surface area (Å²) < 4.78 is 42.6. The summed E-state index contributed by atoms with van der Waals surface area (Å²) in [5, 5.41) is 2.64. The van der Waals surface area contributed by atoms with Crippen LogP contribution in [-0.2, 0) is 24.3 Å². The Morgan fingerprint density at radius 1 is 0.857 bits per heavy atom. The van der Waals surface area contributed by atoms with Gasteiger partial charge in [0.15, 0.2) is 6.61 Å². The fraction of sp³-hybridized carbons (Fsp3) is 0.200. The molecule has 0 unspecified atom stereocenters. The highest BCUT2D eigenvalue weighted by Crippen LogP contribution is 2.23. The van der Waals surface area contributed by atoms with Crippen LogP contribution in [0.25, 0.3) is 0 Å². The second-order valence-corrected chi connectivity index (χ2v) is 9.54. The van der Waals surface area contributed by atoms with E-state index in [4.69, 9.17) is 14.2 Å². The molecule has 0 atom stereocenters. The number of amides is 1. The van der Waals surface area contributed by atoms with E-state index in [0.717, 1.165) is 0 Å². The Hall–Kier alpha value is -3.73. The average molecular weight is 497 g/mol. The van der Waals surface area contributed by atoms with Gasteiger partial charge in [0.1, 0.15) is 11.5 Å². The molecule has 1 saturated heterocycles. The molecule has 1 fully saturated rings. The average Bonchev–Trinajstić information content (AvgIpc) is 2.89. The number of para-hydroxylation sites is 1. The van der Waals surface area contributed by atoms with Gasteiger partial charge in [-0.25, -0.2) is 13.2 Å². The Balaban J connectivity index is 1.27. The van der Waals surface area contributed by atoms with Crippen molar-refractivity contribution in [2.75, 3.05) is 38.2 Å². The number of ether oxygens (including phenoxy) is 3. The largest absolute Gasteiger partial charge is 0.457 e. The molecule has 0 aromatic heterocycles. The Morgan fingerprint density at radius 2 is 1.49 bits per heavy atom. The van der Waals surface area contributed by atoms with Crippen LogP contribution in [0.4, 0.5) is 5.69 Å². The van der Waals surface area contributed by atoms with E-state index in [-0.39, 0.29) is 23.5 Å². The van der Waals surface area contributed by atoms with Crippen molar-refractivity contribution in [3.63, 3.8) is 0 Å². The molecule has 182 valence electrons. The molecule has 35 heavy (non-hydrogen) atoms. The first-order valence-electron chi connectivity index (χ1n) is 10.9. The zero-order valence-electron chi connectivity index (χ0n) is 18.8. The molecule has 1 amide bonds. The van der Waals surface area contributed by atoms with Crippen molar-refractivity contribution >= 4 is 27.6 Å². The van der Waals surface area contributed by atoms with Gasteiger partial charge < -0.3 is 19.5 Å². The third kappa shape index (κ3) is 6.44. The molecule has 9 nitrogen and oxygen atoms in total. The zero-order valence-corrected chi connectivity index (χ0v) is 19.6. The van der Waals surface area contributed by atoms with Gasteiger partial charge in [0.05, 0.1) is 23.7 Å². The Bertz CT molecular complexity index is 1260. The van der Waals surface area contributed by atoms with Crippen molar-refractivity contribution in [2.24, 2.45) is 0 Å². The van der Waals surface area contributed by atoms with Gasteiger partial charge in [0.25, 0.3) is 5.91 Å². The second-order valence-electron chi connectivity index (χ2n) is 7.60. The van der Waals surface area contributed by atoms with Crippen molar-refractivity contribution in [1.29, 1.82) is 0 Å². The van der Waals surface area contributed by atoms with Crippen LogP contribution < -0.4 is 10.1 Å². The van der Waals surface area contributed by atoms with Gasteiger partial charge in [0.2, 0.25) is 10.0 Å². The van der Waals surface area contributed by atoms with Crippen molar-refractivity contribution in [3.8, 4) is 11.5 Å². The lowest BCUT2D eigenvalue weighted by Gasteiger charge is -2.26. The summed E-state index contributed by atoms with van der Waals surface area (Å²) in [5.41, 5.74) is 0.658. The third-order valence-electron chi connectivity index (χ3n) is 5.15. The molecule has 1 N–H and O–H groups in total. The molecule has 0 aliphatic carbocycles. The van der Waals surface area contributed by atoms with E-state index in [1.165, 1.54) is 28.6 Å². The van der Waals surface area contributed by atoms with Gasteiger partial charge in [-0.05, 0) is 60.7 Å². The van der Waals surface area contributed by atoms with Crippen molar-refractivity contribution in [3.05, 3.63) is 84.4 Å². The molecular formula is C25H24N2O7S. The fourth-order valence-electron chi connectivity index (χ4n) is 3.34. The molecule has 0 radical (unpaired) electrons. The van der Waals surface area contributed by atoms with E-state index in [1.54, 1.807) is 24.3 Å². The van der Waals surface area contributed by atoms with E-state index in [0.29, 0.717) is 30.4 Å². The van der Waals surface area contributed by atoms with E-state index < -0.39 is 28.5 Å². The van der Waals surface area contributed by atoms with Crippen LogP contribution in [0.2, 0.25) is 0 Å². The second kappa shape index (κ2) is 11.1. The van der Waals surface area contributed by atoms with E-state index >= 15 is 0 Å². The molecule has 0 bridgehead atoms. The number of nitrogens with one attached hydrogen (secondary N) is 1. The maximum atomic E-state index is 12.7. The number of sulfonamides is 1. The number of hydrogen-bond donors (Lipinski definition) is 1. The minimum absolute atomic E-state index is 0.0772. The van der Waals surface area contributed by atoms with Crippen molar-refractivity contribution in [1.82, 2.24) is 4.31 Å². The van der Waals surface area contributed by atoms with Crippen LogP contribution in [0.3, 0.4) is 0 Å². The lowest BCUT2D eigenvalue weighted by molar-refractivity contribution is -0.119. The van der Waals surface area contributed by atoms with Crippen LogP contribution in [-0.4, -0.2) is 57.5 Å². The summed E-state index contributed by atoms with van der Waals surface area (Å²) in [6.45, 7) is 0.761. The molecule has 3 aromatic rings. The number of nitrogens with zero attached hydrogens (tertiary/aromatic N) is 1. The maximum Gasteiger partial charge on any atom is 0.338 e. The number of anilines is 1. The molecular weight excluding hydrogens is 472 g/mol. The summed E-state index contributed by atoms with van der Waals surface area (Å²) in [4.78, 5) is 24.5. The molecule has 10 heteroatoms. The minimum Gasteiger partial charge on any atom is -0.457 e. The number of esters is 1.